The van der Waals surface area contributed by atoms with E-state index < -0.39 is 0 Å². The third-order valence-electron chi connectivity index (χ3n) is 5.68. The molecule has 1 aliphatic heterocycles. The smallest absolute Gasteiger partial charge is 0.255 e. The number of anilines is 1. The minimum absolute atomic E-state index is 0.0154. The van der Waals surface area contributed by atoms with E-state index in [0.717, 1.165) is 43.7 Å². The Bertz CT molecular complexity index is 1050. The molecule has 8 nitrogen and oxygen atoms in total. The number of carbonyl (C=O) groups excluding carboxylic acids is 1. The zero-order valence-corrected chi connectivity index (χ0v) is 16.0. The summed E-state index contributed by atoms with van der Waals surface area (Å²) in [6.45, 7) is 1.47. The predicted octanol–water partition coefficient (Wildman–Crippen LogP) is 2.37. The molecule has 1 aliphatic carbocycles. The maximum absolute atomic E-state index is 12.8. The molecule has 0 spiro atoms. The molecule has 150 valence electrons. The van der Waals surface area contributed by atoms with Crippen molar-refractivity contribution < 1.29 is 14.6 Å². The first-order valence-electron chi connectivity index (χ1n) is 10.0. The van der Waals surface area contributed by atoms with Gasteiger partial charge in [0.05, 0.1) is 11.7 Å². The molecule has 3 aromatic rings. The van der Waals surface area contributed by atoms with Gasteiger partial charge in [-0.3, -0.25) is 4.79 Å². The summed E-state index contributed by atoms with van der Waals surface area (Å²) < 4.78 is 7.53. The van der Waals surface area contributed by atoms with Gasteiger partial charge in [-0.15, -0.1) is 5.10 Å². The molecule has 2 aliphatic rings. The van der Waals surface area contributed by atoms with Gasteiger partial charge < -0.3 is 20.1 Å². The van der Waals surface area contributed by atoms with Crippen LogP contribution in [0, 0.1) is 0 Å². The second-order valence-electron chi connectivity index (χ2n) is 7.65. The van der Waals surface area contributed by atoms with E-state index in [-0.39, 0.29) is 29.4 Å². The van der Waals surface area contributed by atoms with Gasteiger partial charge in [0.1, 0.15) is 5.82 Å². The highest BCUT2D eigenvalue weighted by atomic mass is 16.5. The third kappa shape index (κ3) is 3.46. The molecule has 2 aromatic heterocycles. The molecule has 3 heterocycles. The first-order chi connectivity index (χ1) is 14.2. The molecule has 2 N–H and O–H groups in total. The molecular formula is C21H23N5O3. The quantitative estimate of drug-likeness (QED) is 0.692. The lowest BCUT2D eigenvalue weighted by atomic mass is 9.96. The van der Waals surface area contributed by atoms with Crippen molar-refractivity contribution in [2.45, 2.75) is 37.8 Å². The number of phenols is 1. The molecule has 0 unspecified atom stereocenters. The minimum atomic E-state index is -0.286. The summed E-state index contributed by atoms with van der Waals surface area (Å²) in [5, 5.41) is 18.1. The Morgan fingerprint density at radius 2 is 2.10 bits per heavy atom. The van der Waals surface area contributed by atoms with Gasteiger partial charge in [0.2, 0.25) is 0 Å². The number of nitrogens with zero attached hydrogens (tertiary/aromatic N) is 4. The van der Waals surface area contributed by atoms with E-state index in [4.69, 9.17) is 4.74 Å². The van der Waals surface area contributed by atoms with Crippen molar-refractivity contribution in [2.75, 3.05) is 18.0 Å². The van der Waals surface area contributed by atoms with Crippen molar-refractivity contribution in [3.05, 3.63) is 48.3 Å². The van der Waals surface area contributed by atoms with Crippen LogP contribution in [0.1, 0.15) is 36.0 Å². The van der Waals surface area contributed by atoms with Gasteiger partial charge in [-0.1, -0.05) is 6.07 Å². The lowest BCUT2D eigenvalue weighted by molar-refractivity contribution is 0.0931. The van der Waals surface area contributed by atoms with Crippen LogP contribution in [0.4, 0.5) is 5.82 Å². The highest BCUT2D eigenvalue weighted by Crippen LogP contribution is 2.34. The third-order valence-corrected chi connectivity index (χ3v) is 5.68. The summed E-state index contributed by atoms with van der Waals surface area (Å²) in [5.74, 6) is 0.865. The first-order valence-corrected chi connectivity index (χ1v) is 10.0. The summed E-state index contributed by atoms with van der Waals surface area (Å²) in [6.07, 6.45) is 7.62. The van der Waals surface area contributed by atoms with Crippen LogP contribution in [0.2, 0.25) is 0 Å². The first kappa shape index (κ1) is 17.8. The molecule has 1 aromatic carbocycles. The number of nitrogens with one attached hydrogen (secondary N) is 1. The number of benzene rings is 1. The summed E-state index contributed by atoms with van der Waals surface area (Å²) in [4.78, 5) is 19.1. The highest BCUT2D eigenvalue weighted by Gasteiger charge is 2.27. The fraction of sp³-hybridized carbons (Fsp3) is 0.381. The molecule has 1 atom stereocenters. The molecule has 29 heavy (non-hydrogen) atoms. The van der Waals surface area contributed by atoms with Crippen LogP contribution in [0.25, 0.3) is 5.65 Å². The Hall–Kier alpha value is -3.29. The van der Waals surface area contributed by atoms with Gasteiger partial charge in [-0.2, -0.15) is 0 Å². The van der Waals surface area contributed by atoms with E-state index in [2.05, 4.69) is 20.3 Å². The normalized spacial score (nSPS) is 19.3. The Labute approximate surface area is 168 Å². The topological polar surface area (TPSA) is 92.0 Å². The molecule has 0 bridgehead atoms. The van der Waals surface area contributed by atoms with Crippen LogP contribution in [0.5, 0.6) is 11.5 Å². The minimum Gasteiger partial charge on any atom is -0.504 e. The second kappa shape index (κ2) is 7.27. The van der Waals surface area contributed by atoms with Crippen LogP contribution in [-0.2, 0) is 0 Å². The largest absolute Gasteiger partial charge is 0.504 e. The number of fused-ring (bicyclic) bond motifs is 1. The standard InChI is InChI=1S/C21H23N5O3/c27-20-16(5-2-6-17(20)29-15-3-1-4-15)21(28)23-14-9-11-25(13-14)19-8-7-18-22-10-12-26(18)24-19/h2,5-8,10,12,14-15,27H,1,3-4,9,11,13H2,(H,23,28)/t14-/m0/s1. The summed E-state index contributed by atoms with van der Waals surface area (Å²) in [5.41, 5.74) is 1.05. The van der Waals surface area contributed by atoms with Gasteiger partial charge in [0, 0.05) is 31.5 Å². The van der Waals surface area contributed by atoms with E-state index in [1.807, 2.05) is 18.3 Å². The summed E-state index contributed by atoms with van der Waals surface area (Å²) in [7, 11) is 0. The molecule has 1 amide bonds. The number of para-hydroxylation sites is 1. The number of rotatable bonds is 5. The molecular weight excluding hydrogens is 370 g/mol. The number of amides is 1. The molecule has 1 saturated carbocycles. The number of hydrogen-bond donors (Lipinski definition) is 2. The van der Waals surface area contributed by atoms with Crippen molar-refractivity contribution in [3.8, 4) is 11.5 Å². The predicted molar refractivity (Wildman–Crippen MR) is 107 cm³/mol. The van der Waals surface area contributed by atoms with Crippen molar-refractivity contribution in [2.24, 2.45) is 0 Å². The average molecular weight is 393 g/mol. The summed E-state index contributed by atoms with van der Waals surface area (Å²) in [6, 6.07) is 8.94. The number of phenolic OH excluding ortho intramolecular Hbond substituents is 1. The van der Waals surface area contributed by atoms with Gasteiger partial charge in [0.15, 0.2) is 17.1 Å². The lowest BCUT2D eigenvalue weighted by Crippen LogP contribution is -2.37. The number of carbonyl (C=O) groups is 1. The van der Waals surface area contributed by atoms with Crippen molar-refractivity contribution >= 4 is 17.4 Å². The van der Waals surface area contributed by atoms with Crippen LogP contribution < -0.4 is 15.0 Å². The lowest BCUT2D eigenvalue weighted by Gasteiger charge is -2.27. The number of aromatic hydroxyl groups is 1. The van der Waals surface area contributed by atoms with E-state index in [9.17, 15) is 9.90 Å². The van der Waals surface area contributed by atoms with Crippen molar-refractivity contribution in [1.29, 1.82) is 0 Å². The van der Waals surface area contributed by atoms with Crippen LogP contribution in [0.15, 0.2) is 42.7 Å². The molecule has 2 fully saturated rings. The zero-order valence-electron chi connectivity index (χ0n) is 16.0. The van der Waals surface area contributed by atoms with E-state index in [1.165, 1.54) is 0 Å². The van der Waals surface area contributed by atoms with Crippen molar-refractivity contribution in [3.63, 3.8) is 0 Å². The molecule has 1 saturated heterocycles. The Morgan fingerprint density at radius 1 is 1.21 bits per heavy atom. The molecule has 8 heteroatoms. The molecule has 5 rings (SSSR count). The van der Waals surface area contributed by atoms with E-state index in [1.54, 1.807) is 28.9 Å². The SMILES string of the molecule is O=C(N[C@H]1CCN(c2ccc3nccn3n2)C1)c1cccc(OC2CCC2)c1O. The van der Waals surface area contributed by atoms with Crippen LogP contribution >= 0.6 is 0 Å². The average Bonchev–Trinajstić information content (AvgIpc) is 3.34. The monoisotopic (exact) mass is 393 g/mol. The second-order valence-corrected chi connectivity index (χ2v) is 7.65. The fourth-order valence-corrected chi connectivity index (χ4v) is 3.79. The van der Waals surface area contributed by atoms with Crippen LogP contribution in [0.3, 0.4) is 0 Å². The van der Waals surface area contributed by atoms with Gasteiger partial charge in [0.25, 0.3) is 5.91 Å². The van der Waals surface area contributed by atoms with Gasteiger partial charge in [-0.25, -0.2) is 9.50 Å². The summed E-state index contributed by atoms with van der Waals surface area (Å²) >= 11 is 0. The fourth-order valence-electron chi connectivity index (χ4n) is 3.79. The van der Waals surface area contributed by atoms with Gasteiger partial charge >= 0.3 is 0 Å². The Balaban J connectivity index is 1.25. The number of aromatic nitrogens is 3. The molecule has 0 radical (unpaired) electrons. The van der Waals surface area contributed by atoms with Crippen LogP contribution in [-0.4, -0.2) is 50.8 Å². The number of ether oxygens (including phenoxy) is 1. The van der Waals surface area contributed by atoms with E-state index in [0.29, 0.717) is 12.3 Å². The Kier molecular flexibility index (Phi) is 4.46. The highest BCUT2D eigenvalue weighted by molar-refractivity contribution is 5.97. The number of hydrogen-bond acceptors (Lipinski definition) is 6. The zero-order chi connectivity index (χ0) is 19.8. The maximum atomic E-state index is 12.8. The Morgan fingerprint density at radius 3 is 2.93 bits per heavy atom. The van der Waals surface area contributed by atoms with Gasteiger partial charge in [-0.05, 0) is 49.9 Å². The van der Waals surface area contributed by atoms with Crippen molar-refractivity contribution in [1.82, 2.24) is 19.9 Å². The van der Waals surface area contributed by atoms with E-state index >= 15 is 0 Å². The maximum Gasteiger partial charge on any atom is 0.255 e. The number of imidazole rings is 1.